The predicted molar refractivity (Wildman–Crippen MR) is 96.6 cm³/mol. The summed E-state index contributed by atoms with van der Waals surface area (Å²) in [5.41, 5.74) is 2.22. The highest BCUT2D eigenvalue weighted by atomic mass is 16.5. The van der Waals surface area contributed by atoms with Crippen LogP contribution in [-0.4, -0.2) is 52.9 Å². The van der Waals surface area contributed by atoms with Gasteiger partial charge in [-0.3, -0.25) is 4.79 Å². The van der Waals surface area contributed by atoms with Crippen LogP contribution in [0, 0.1) is 0 Å². The molecule has 1 amide bonds. The zero-order valence-electron chi connectivity index (χ0n) is 14.9. The van der Waals surface area contributed by atoms with Crippen molar-refractivity contribution in [1.82, 2.24) is 20.0 Å². The molecule has 6 heteroatoms. The molecule has 0 bridgehead atoms. The minimum Gasteiger partial charge on any atom is -0.378 e. The normalized spacial score (nSPS) is 17.3. The molecule has 0 spiro atoms. The molecule has 25 heavy (non-hydrogen) atoms. The Balaban J connectivity index is 1.62. The van der Waals surface area contributed by atoms with E-state index in [-0.39, 0.29) is 18.0 Å². The Bertz CT molecular complexity index is 680. The minimum atomic E-state index is 0.0935. The molecule has 0 aliphatic carbocycles. The van der Waals surface area contributed by atoms with Crippen LogP contribution in [0.4, 0.5) is 0 Å². The van der Waals surface area contributed by atoms with E-state index in [0.717, 1.165) is 11.3 Å². The van der Waals surface area contributed by atoms with Gasteiger partial charge in [-0.2, -0.15) is 5.10 Å². The van der Waals surface area contributed by atoms with Gasteiger partial charge in [-0.15, -0.1) is 0 Å². The number of aromatic nitrogens is 2. The summed E-state index contributed by atoms with van der Waals surface area (Å²) in [6.45, 7) is 6.86. The predicted octanol–water partition coefficient (Wildman–Crippen LogP) is 2.16. The molecular weight excluding hydrogens is 316 g/mol. The van der Waals surface area contributed by atoms with Gasteiger partial charge in [-0.05, 0) is 31.5 Å². The molecule has 1 aromatic heterocycles. The lowest BCUT2D eigenvalue weighted by atomic mass is 10.0. The number of morpholine rings is 1. The van der Waals surface area contributed by atoms with Crippen LogP contribution >= 0.6 is 0 Å². The van der Waals surface area contributed by atoms with Crippen LogP contribution in [0.3, 0.4) is 0 Å². The fourth-order valence-corrected chi connectivity index (χ4v) is 3.25. The molecule has 2 aromatic rings. The quantitative estimate of drug-likeness (QED) is 0.874. The lowest BCUT2D eigenvalue weighted by Crippen LogP contribution is -2.43. The maximum Gasteiger partial charge on any atom is 0.224 e. The first-order valence-corrected chi connectivity index (χ1v) is 8.85. The number of para-hydroxylation sites is 1. The summed E-state index contributed by atoms with van der Waals surface area (Å²) in [5, 5.41) is 7.88. The summed E-state index contributed by atoms with van der Waals surface area (Å²) in [7, 11) is 0. The van der Waals surface area contributed by atoms with Crippen molar-refractivity contribution in [2.24, 2.45) is 0 Å². The maximum atomic E-state index is 12.4. The summed E-state index contributed by atoms with van der Waals surface area (Å²) in [4.78, 5) is 14.3. The van der Waals surface area contributed by atoms with Crippen molar-refractivity contribution in [3.05, 3.63) is 48.3 Å². The Morgan fingerprint density at radius 3 is 2.72 bits per heavy atom. The van der Waals surface area contributed by atoms with E-state index < -0.39 is 0 Å². The van der Waals surface area contributed by atoms with Gasteiger partial charge in [0.25, 0.3) is 0 Å². The van der Waals surface area contributed by atoms with E-state index in [1.165, 1.54) is 0 Å². The highest BCUT2D eigenvalue weighted by Crippen LogP contribution is 2.21. The zero-order valence-corrected chi connectivity index (χ0v) is 14.9. The minimum absolute atomic E-state index is 0.0935. The average Bonchev–Trinajstić information content (AvgIpc) is 3.17. The number of carbonyl (C=O) groups excluding carboxylic acids is 1. The van der Waals surface area contributed by atoms with Gasteiger partial charge in [-0.25, -0.2) is 4.68 Å². The highest BCUT2D eigenvalue weighted by molar-refractivity contribution is 5.76. The summed E-state index contributed by atoms with van der Waals surface area (Å²) >= 11 is 0. The number of hydrogen-bond donors (Lipinski definition) is 1. The van der Waals surface area contributed by atoms with E-state index in [4.69, 9.17) is 4.74 Å². The molecule has 2 atom stereocenters. The average molecular weight is 342 g/mol. The summed E-state index contributed by atoms with van der Waals surface area (Å²) in [6, 6.07) is 10.3. The van der Waals surface area contributed by atoms with Crippen LogP contribution in [0.5, 0.6) is 0 Å². The van der Waals surface area contributed by atoms with Crippen LogP contribution in [0.2, 0.25) is 0 Å². The van der Waals surface area contributed by atoms with E-state index in [1.54, 1.807) is 6.20 Å². The van der Waals surface area contributed by atoms with Crippen molar-refractivity contribution < 1.29 is 9.53 Å². The number of amides is 1. The van der Waals surface area contributed by atoms with Crippen LogP contribution in [0.25, 0.3) is 5.69 Å². The first kappa shape index (κ1) is 17.6. The lowest BCUT2D eigenvalue weighted by Gasteiger charge is -2.29. The first-order valence-electron chi connectivity index (χ1n) is 8.85. The molecule has 1 aliphatic rings. The third kappa shape index (κ3) is 4.46. The van der Waals surface area contributed by atoms with E-state index in [9.17, 15) is 4.79 Å². The number of nitrogens with one attached hydrogen (secondary N) is 1. The molecule has 1 aliphatic heterocycles. The molecule has 1 fully saturated rings. The molecule has 134 valence electrons. The molecule has 0 unspecified atom stereocenters. The Morgan fingerprint density at radius 1 is 1.24 bits per heavy atom. The van der Waals surface area contributed by atoms with Gasteiger partial charge in [0.2, 0.25) is 5.91 Å². The largest absolute Gasteiger partial charge is 0.378 e. The zero-order chi connectivity index (χ0) is 17.6. The van der Waals surface area contributed by atoms with Crippen molar-refractivity contribution in [2.75, 3.05) is 26.3 Å². The number of ether oxygens (including phenoxy) is 1. The Kier molecular flexibility index (Phi) is 5.83. The van der Waals surface area contributed by atoms with Gasteiger partial charge in [0.05, 0.1) is 18.9 Å². The molecule has 1 saturated heterocycles. The Labute approximate surface area is 148 Å². The van der Waals surface area contributed by atoms with Gasteiger partial charge in [0.1, 0.15) is 0 Å². The summed E-state index contributed by atoms with van der Waals surface area (Å²) in [6.07, 6.45) is 4.21. The number of benzene rings is 1. The molecule has 2 heterocycles. The van der Waals surface area contributed by atoms with Crippen molar-refractivity contribution in [3.63, 3.8) is 0 Å². The number of hydrogen-bond acceptors (Lipinski definition) is 4. The topological polar surface area (TPSA) is 59.4 Å². The summed E-state index contributed by atoms with van der Waals surface area (Å²) < 4.78 is 7.18. The van der Waals surface area contributed by atoms with E-state index >= 15 is 0 Å². The maximum absolute atomic E-state index is 12.4. The standard InChI is InChI=1S/C19H26N4O2/c1-15(14-19(24)22-10-12-25-13-11-22)21-16(2)17-6-3-4-7-18(17)23-9-5-8-20-23/h3-9,15-16,21H,10-14H2,1-2H3/t15-,16-/m1/s1. The SMILES string of the molecule is C[C@H](CC(=O)N1CCOCC1)N[C@H](C)c1ccccc1-n1cccn1. The second-order valence-corrected chi connectivity index (χ2v) is 6.50. The van der Waals surface area contributed by atoms with Crippen molar-refractivity contribution in [1.29, 1.82) is 0 Å². The van der Waals surface area contributed by atoms with Crippen LogP contribution < -0.4 is 5.32 Å². The monoisotopic (exact) mass is 342 g/mol. The van der Waals surface area contributed by atoms with Crippen LogP contribution in [-0.2, 0) is 9.53 Å². The fraction of sp³-hybridized carbons (Fsp3) is 0.474. The number of nitrogens with zero attached hydrogens (tertiary/aromatic N) is 3. The fourth-order valence-electron chi connectivity index (χ4n) is 3.25. The smallest absolute Gasteiger partial charge is 0.224 e. The summed E-state index contributed by atoms with van der Waals surface area (Å²) in [5.74, 6) is 0.191. The molecule has 3 rings (SSSR count). The highest BCUT2D eigenvalue weighted by Gasteiger charge is 2.21. The molecule has 1 aromatic carbocycles. The van der Waals surface area contributed by atoms with Gasteiger partial charge in [-0.1, -0.05) is 18.2 Å². The van der Waals surface area contributed by atoms with Gasteiger partial charge in [0.15, 0.2) is 0 Å². The first-order chi connectivity index (χ1) is 12.1. The van der Waals surface area contributed by atoms with Crippen LogP contribution in [0.1, 0.15) is 31.9 Å². The van der Waals surface area contributed by atoms with Crippen molar-refractivity contribution in [2.45, 2.75) is 32.4 Å². The Morgan fingerprint density at radius 2 is 2.00 bits per heavy atom. The molecular formula is C19H26N4O2. The second kappa shape index (κ2) is 8.27. The van der Waals surface area contributed by atoms with E-state index in [2.05, 4.69) is 36.4 Å². The molecule has 1 N–H and O–H groups in total. The van der Waals surface area contributed by atoms with E-state index in [1.807, 2.05) is 34.0 Å². The van der Waals surface area contributed by atoms with Crippen molar-refractivity contribution >= 4 is 5.91 Å². The van der Waals surface area contributed by atoms with Gasteiger partial charge >= 0.3 is 0 Å². The van der Waals surface area contributed by atoms with Crippen molar-refractivity contribution in [3.8, 4) is 5.69 Å². The third-order valence-corrected chi connectivity index (χ3v) is 4.53. The number of rotatable bonds is 6. The van der Waals surface area contributed by atoms with Crippen LogP contribution in [0.15, 0.2) is 42.7 Å². The number of carbonyl (C=O) groups is 1. The Hall–Kier alpha value is -2.18. The van der Waals surface area contributed by atoms with Gasteiger partial charge < -0.3 is 15.0 Å². The lowest BCUT2D eigenvalue weighted by molar-refractivity contribution is -0.135. The van der Waals surface area contributed by atoms with E-state index in [0.29, 0.717) is 32.7 Å². The second-order valence-electron chi connectivity index (χ2n) is 6.50. The molecule has 0 radical (unpaired) electrons. The molecule has 6 nitrogen and oxygen atoms in total. The third-order valence-electron chi connectivity index (χ3n) is 4.53. The van der Waals surface area contributed by atoms with Gasteiger partial charge in [0, 0.05) is 44.0 Å². The molecule has 0 saturated carbocycles.